The van der Waals surface area contributed by atoms with E-state index < -0.39 is 0 Å². The second kappa shape index (κ2) is 5.57. The number of hydrogen-bond donors (Lipinski definition) is 1. The van der Waals surface area contributed by atoms with Gasteiger partial charge in [-0.25, -0.2) is 9.97 Å². The summed E-state index contributed by atoms with van der Waals surface area (Å²) in [4.78, 5) is 9.43. The first-order chi connectivity index (χ1) is 10.5. The number of fused-ring (bicyclic) bond motifs is 1. The average molecular weight is 313 g/mol. The summed E-state index contributed by atoms with van der Waals surface area (Å²) < 4.78 is 5.31. The molecule has 0 bridgehead atoms. The molecule has 3 aromatic rings. The normalized spacial score (nSPS) is 11.3. The lowest BCUT2D eigenvalue weighted by atomic mass is 10.1. The molecule has 2 N–H and O–H groups in total. The molecule has 2 heterocycles. The molecule has 0 unspecified atom stereocenters. The molecule has 0 atom stereocenters. The molecule has 0 fully saturated rings. The van der Waals surface area contributed by atoms with E-state index in [0.29, 0.717) is 11.6 Å². The molecular formula is C17H19N3OS. The largest absolute Gasteiger partial charge is 0.497 e. The van der Waals surface area contributed by atoms with Crippen LogP contribution in [0.4, 0.5) is 5.69 Å². The minimum absolute atomic E-state index is 0.411. The number of hydrogen-bond acceptors (Lipinski definition) is 5. The molecule has 0 saturated heterocycles. The van der Waals surface area contributed by atoms with Crippen LogP contribution in [-0.4, -0.2) is 17.1 Å². The number of thiazole rings is 1. The van der Waals surface area contributed by atoms with Crippen LogP contribution in [0.5, 0.6) is 5.75 Å². The third kappa shape index (κ3) is 2.52. The van der Waals surface area contributed by atoms with Gasteiger partial charge in [0.1, 0.15) is 16.5 Å². The van der Waals surface area contributed by atoms with Crippen molar-refractivity contribution in [1.29, 1.82) is 0 Å². The molecule has 0 saturated carbocycles. The van der Waals surface area contributed by atoms with Gasteiger partial charge >= 0.3 is 0 Å². The fraction of sp³-hybridized carbons (Fsp3) is 0.294. The van der Waals surface area contributed by atoms with Gasteiger partial charge in [0.15, 0.2) is 0 Å². The number of nitrogens with zero attached hydrogens (tertiary/aromatic N) is 2. The average Bonchev–Trinajstić information content (AvgIpc) is 2.97. The summed E-state index contributed by atoms with van der Waals surface area (Å²) >= 11 is 1.61. The third-order valence-corrected chi connectivity index (χ3v) is 4.56. The Labute approximate surface area is 134 Å². The number of nitrogens with two attached hydrogens (primary N) is 1. The summed E-state index contributed by atoms with van der Waals surface area (Å²) in [6.45, 7) is 6.29. The van der Waals surface area contributed by atoms with Gasteiger partial charge in [-0.15, -0.1) is 11.3 Å². The summed E-state index contributed by atoms with van der Waals surface area (Å²) in [5.41, 5.74) is 10.8. The van der Waals surface area contributed by atoms with Crippen LogP contribution in [0.2, 0.25) is 0 Å². The third-order valence-electron chi connectivity index (χ3n) is 3.68. The van der Waals surface area contributed by atoms with Crippen molar-refractivity contribution in [3.63, 3.8) is 0 Å². The van der Waals surface area contributed by atoms with E-state index in [-0.39, 0.29) is 0 Å². The summed E-state index contributed by atoms with van der Waals surface area (Å²) in [7, 11) is 1.65. The van der Waals surface area contributed by atoms with Gasteiger partial charge in [-0.3, -0.25) is 0 Å². The molecule has 0 aliphatic heterocycles. The van der Waals surface area contributed by atoms with Gasteiger partial charge in [-0.1, -0.05) is 13.8 Å². The van der Waals surface area contributed by atoms with Gasteiger partial charge in [-0.05, 0) is 36.6 Å². The van der Waals surface area contributed by atoms with Gasteiger partial charge < -0.3 is 10.5 Å². The van der Waals surface area contributed by atoms with E-state index in [1.165, 1.54) is 0 Å². The van der Waals surface area contributed by atoms with Crippen LogP contribution in [0.3, 0.4) is 0 Å². The maximum Gasteiger partial charge on any atom is 0.142 e. The van der Waals surface area contributed by atoms with E-state index >= 15 is 0 Å². The minimum atomic E-state index is 0.411. The van der Waals surface area contributed by atoms with E-state index in [2.05, 4.69) is 24.2 Å². The molecule has 1 aromatic carbocycles. The van der Waals surface area contributed by atoms with E-state index in [0.717, 1.165) is 38.6 Å². The Morgan fingerprint density at radius 1 is 1.18 bits per heavy atom. The highest BCUT2D eigenvalue weighted by Gasteiger charge is 2.13. The van der Waals surface area contributed by atoms with E-state index in [1.807, 2.05) is 25.1 Å². The Morgan fingerprint density at radius 2 is 1.95 bits per heavy atom. The maximum atomic E-state index is 6.23. The number of aryl methyl sites for hydroxylation is 1. The van der Waals surface area contributed by atoms with Crippen LogP contribution in [-0.2, 0) is 0 Å². The Hall–Kier alpha value is -2.14. The lowest BCUT2D eigenvalue weighted by molar-refractivity contribution is 0.415. The van der Waals surface area contributed by atoms with Gasteiger partial charge in [0.2, 0.25) is 0 Å². The van der Waals surface area contributed by atoms with Crippen molar-refractivity contribution < 1.29 is 4.74 Å². The zero-order valence-electron chi connectivity index (χ0n) is 13.2. The monoisotopic (exact) mass is 313 g/mol. The van der Waals surface area contributed by atoms with Crippen LogP contribution in [0.1, 0.15) is 31.0 Å². The maximum absolute atomic E-state index is 6.23. The van der Waals surface area contributed by atoms with E-state index in [9.17, 15) is 0 Å². The Kier molecular flexibility index (Phi) is 3.74. The molecule has 114 valence electrons. The number of nitrogen functional groups attached to an aromatic ring is 1. The lowest BCUT2D eigenvalue weighted by Crippen LogP contribution is -1.96. The molecule has 0 spiro atoms. The Balaban J connectivity index is 2.17. The number of methoxy groups -OCH3 is 1. The van der Waals surface area contributed by atoms with Crippen molar-refractivity contribution in [3.8, 4) is 16.5 Å². The quantitative estimate of drug-likeness (QED) is 0.779. The standard InChI is InChI=1S/C17H19N3OS/c1-9(2)15-8-22-17(20-15)14-7-13(18)12-6-11(21-4)5-10(3)16(12)19-14/h5-9H,1-4H3,(H2,18,19). The Morgan fingerprint density at radius 3 is 2.59 bits per heavy atom. The number of ether oxygens (including phenoxy) is 1. The molecule has 0 radical (unpaired) electrons. The number of anilines is 1. The van der Waals surface area contributed by atoms with E-state index in [1.54, 1.807) is 18.4 Å². The molecule has 3 rings (SSSR count). The number of benzene rings is 1. The van der Waals surface area contributed by atoms with Gasteiger partial charge in [0, 0.05) is 16.5 Å². The predicted octanol–water partition coefficient (Wildman–Crippen LogP) is 4.38. The highest BCUT2D eigenvalue weighted by atomic mass is 32.1. The number of aromatic nitrogens is 2. The number of pyridine rings is 1. The first-order valence-corrected chi connectivity index (χ1v) is 8.08. The van der Waals surface area contributed by atoms with Crippen LogP contribution in [0.15, 0.2) is 23.6 Å². The van der Waals surface area contributed by atoms with Crippen molar-refractivity contribution >= 4 is 27.9 Å². The van der Waals surface area contributed by atoms with Crippen LogP contribution in [0, 0.1) is 6.92 Å². The SMILES string of the molecule is COc1cc(C)c2nc(-c3nc(C(C)C)cs3)cc(N)c2c1. The first-order valence-electron chi connectivity index (χ1n) is 7.20. The van der Waals surface area contributed by atoms with Gasteiger partial charge in [-0.2, -0.15) is 0 Å². The highest BCUT2D eigenvalue weighted by Crippen LogP contribution is 2.33. The topological polar surface area (TPSA) is 61.0 Å². The molecule has 2 aromatic heterocycles. The predicted molar refractivity (Wildman–Crippen MR) is 92.6 cm³/mol. The smallest absolute Gasteiger partial charge is 0.142 e. The van der Waals surface area contributed by atoms with Crippen molar-refractivity contribution in [1.82, 2.24) is 9.97 Å². The Bertz CT molecular complexity index is 839. The fourth-order valence-corrected chi connectivity index (χ4v) is 3.33. The van der Waals surface area contributed by atoms with Crippen LogP contribution in [0.25, 0.3) is 21.6 Å². The molecule has 4 nitrogen and oxygen atoms in total. The minimum Gasteiger partial charge on any atom is -0.497 e. The zero-order valence-corrected chi connectivity index (χ0v) is 14.0. The van der Waals surface area contributed by atoms with Gasteiger partial charge in [0.05, 0.1) is 18.3 Å². The van der Waals surface area contributed by atoms with Crippen LogP contribution >= 0.6 is 11.3 Å². The first kappa shape index (κ1) is 14.8. The van der Waals surface area contributed by atoms with Crippen molar-refractivity contribution in [2.75, 3.05) is 12.8 Å². The summed E-state index contributed by atoms with van der Waals surface area (Å²) in [6, 6.07) is 5.79. The summed E-state index contributed by atoms with van der Waals surface area (Å²) in [6.07, 6.45) is 0. The molecule has 5 heteroatoms. The molecule has 0 aliphatic rings. The van der Waals surface area contributed by atoms with Crippen molar-refractivity contribution in [3.05, 3.63) is 34.8 Å². The second-order valence-corrected chi connectivity index (χ2v) is 6.53. The van der Waals surface area contributed by atoms with Gasteiger partial charge in [0.25, 0.3) is 0 Å². The summed E-state index contributed by atoms with van der Waals surface area (Å²) in [5.74, 6) is 1.20. The lowest BCUT2D eigenvalue weighted by Gasteiger charge is -2.09. The molecular weight excluding hydrogens is 294 g/mol. The molecule has 22 heavy (non-hydrogen) atoms. The zero-order chi connectivity index (χ0) is 15.9. The highest BCUT2D eigenvalue weighted by molar-refractivity contribution is 7.13. The number of rotatable bonds is 3. The molecule has 0 aliphatic carbocycles. The fourth-order valence-electron chi connectivity index (χ4n) is 2.39. The second-order valence-electron chi connectivity index (χ2n) is 5.67. The molecule has 0 amide bonds. The van der Waals surface area contributed by atoms with Crippen molar-refractivity contribution in [2.24, 2.45) is 0 Å². The van der Waals surface area contributed by atoms with E-state index in [4.69, 9.17) is 15.5 Å². The van der Waals surface area contributed by atoms with Crippen molar-refractivity contribution in [2.45, 2.75) is 26.7 Å². The summed E-state index contributed by atoms with van der Waals surface area (Å²) in [5, 5.41) is 3.91. The van der Waals surface area contributed by atoms with Crippen LogP contribution < -0.4 is 10.5 Å².